The number of carbonyl (C=O) groups is 1. The smallest absolute Gasteiger partial charge is 0.256 e. The van der Waals surface area contributed by atoms with Crippen LogP contribution in [0.2, 0.25) is 0 Å². The molecule has 1 aliphatic rings. The van der Waals surface area contributed by atoms with Gasteiger partial charge in [-0.1, -0.05) is 42.5 Å². The number of fused-ring (bicyclic) bond motifs is 1. The molecule has 2 aromatic carbocycles. The predicted octanol–water partition coefficient (Wildman–Crippen LogP) is 3.03. The Bertz CT molecular complexity index is 637. The highest BCUT2D eigenvalue weighted by atomic mass is 16.2. The molecule has 3 rings (SSSR count). The summed E-state index contributed by atoms with van der Waals surface area (Å²) in [5.74, 6) is 0.0423. The van der Waals surface area contributed by atoms with Crippen LogP contribution in [0.25, 0.3) is 0 Å². The summed E-state index contributed by atoms with van der Waals surface area (Å²) in [7, 11) is 0. The Hall–Kier alpha value is -2.29. The van der Waals surface area contributed by atoms with E-state index in [4.69, 9.17) is 5.73 Å². The van der Waals surface area contributed by atoms with Gasteiger partial charge in [-0.05, 0) is 30.5 Å². The van der Waals surface area contributed by atoms with E-state index in [1.54, 1.807) is 6.07 Å². The highest BCUT2D eigenvalue weighted by molar-refractivity contribution is 6.01. The number of amides is 1. The van der Waals surface area contributed by atoms with Crippen molar-refractivity contribution < 1.29 is 4.79 Å². The Kier molecular flexibility index (Phi) is 3.18. The highest BCUT2D eigenvalue weighted by Gasteiger charge is 2.29. The number of hydrogen-bond acceptors (Lipinski definition) is 2. The number of rotatable bonds is 2. The molecule has 0 aliphatic carbocycles. The Morgan fingerprint density at radius 3 is 2.60 bits per heavy atom. The predicted molar refractivity (Wildman–Crippen MR) is 80.5 cm³/mol. The largest absolute Gasteiger partial charge is 0.398 e. The molecular weight excluding hydrogens is 248 g/mol. The zero-order valence-corrected chi connectivity index (χ0v) is 11.5. The molecule has 1 aliphatic heterocycles. The van der Waals surface area contributed by atoms with Crippen LogP contribution in [0.4, 0.5) is 5.69 Å². The van der Waals surface area contributed by atoms with Gasteiger partial charge < -0.3 is 10.6 Å². The standard InChI is InChI=1S/C17H18N2O/c1-12(13-6-3-2-4-7-13)19-11-10-14-8-5-9-15(18)16(14)17(19)20/h2-9,12H,10-11,18H2,1H3. The fourth-order valence-electron chi connectivity index (χ4n) is 2.86. The van der Waals surface area contributed by atoms with Gasteiger partial charge in [-0.2, -0.15) is 0 Å². The molecule has 2 aromatic rings. The topological polar surface area (TPSA) is 46.3 Å². The van der Waals surface area contributed by atoms with Crippen molar-refractivity contribution in [2.75, 3.05) is 12.3 Å². The van der Waals surface area contributed by atoms with Crippen LogP contribution >= 0.6 is 0 Å². The van der Waals surface area contributed by atoms with E-state index in [0.717, 1.165) is 24.1 Å². The molecule has 0 saturated heterocycles. The zero-order chi connectivity index (χ0) is 14.1. The van der Waals surface area contributed by atoms with Crippen molar-refractivity contribution in [3.8, 4) is 0 Å². The summed E-state index contributed by atoms with van der Waals surface area (Å²) in [4.78, 5) is 14.6. The van der Waals surface area contributed by atoms with Crippen LogP contribution in [0.3, 0.4) is 0 Å². The third kappa shape index (κ3) is 2.05. The van der Waals surface area contributed by atoms with E-state index in [2.05, 4.69) is 19.1 Å². The molecule has 20 heavy (non-hydrogen) atoms. The Morgan fingerprint density at radius 1 is 1.10 bits per heavy atom. The fraction of sp³-hybridized carbons (Fsp3) is 0.235. The average molecular weight is 266 g/mol. The third-order valence-electron chi connectivity index (χ3n) is 4.03. The molecule has 102 valence electrons. The molecule has 0 radical (unpaired) electrons. The maximum atomic E-state index is 12.7. The van der Waals surface area contributed by atoms with Crippen LogP contribution < -0.4 is 5.73 Å². The van der Waals surface area contributed by atoms with E-state index in [9.17, 15) is 4.79 Å². The van der Waals surface area contributed by atoms with E-state index < -0.39 is 0 Å². The van der Waals surface area contributed by atoms with Crippen LogP contribution in [0, 0.1) is 0 Å². The summed E-state index contributed by atoms with van der Waals surface area (Å²) in [5.41, 5.74) is 9.46. The van der Waals surface area contributed by atoms with Gasteiger partial charge in [0.1, 0.15) is 0 Å². The lowest BCUT2D eigenvalue weighted by molar-refractivity contribution is 0.0674. The van der Waals surface area contributed by atoms with Crippen LogP contribution in [0.1, 0.15) is 34.5 Å². The summed E-state index contributed by atoms with van der Waals surface area (Å²) in [5, 5.41) is 0. The van der Waals surface area contributed by atoms with E-state index >= 15 is 0 Å². The Balaban J connectivity index is 1.95. The summed E-state index contributed by atoms with van der Waals surface area (Å²) < 4.78 is 0. The molecule has 2 N–H and O–H groups in total. The Labute approximate surface area is 119 Å². The van der Waals surface area contributed by atoms with Crippen molar-refractivity contribution in [3.05, 3.63) is 65.2 Å². The van der Waals surface area contributed by atoms with Crippen molar-refractivity contribution in [2.45, 2.75) is 19.4 Å². The van der Waals surface area contributed by atoms with Gasteiger partial charge in [0.05, 0.1) is 11.6 Å². The van der Waals surface area contributed by atoms with Gasteiger partial charge in [0.25, 0.3) is 5.91 Å². The SMILES string of the molecule is CC(c1ccccc1)N1CCc2cccc(N)c2C1=O. The van der Waals surface area contributed by atoms with Gasteiger partial charge in [-0.25, -0.2) is 0 Å². The molecule has 1 atom stereocenters. The monoisotopic (exact) mass is 266 g/mol. The van der Waals surface area contributed by atoms with Gasteiger partial charge in [0, 0.05) is 12.2 Å². The first kappa shape index (κ1) is 12.7. The molecule has 0 spiro atoms. The van der Waals surface area contributed by atoms with Gasteiger partial charge in [-0.15, -0.1) is 0 Å². The first-order valence-electron chi connectivity index (χ1n) is 6.92. The van der Waals surface area contributed by atoms with E-state index in [1.807, 2.05) is 35.2 Å². The highest BCUT2D eigenvalue weighted by Crippen LogP contribution is 2.30. The summed E-state index contributed by atoms with van der Waals surface area (Å²) >= 11 is 0. The average Bonchev–Trinajstić information content (AvgIpc) is 2.48. The first-order chi connectivity index (χ1) is 9.68. The molecule has 0 fully saturated rings. The first-order valence-corrected chi connectivity index (χ1v) is 6.92. The zero-order valence-electron chi connectivity index (χ0n) is 11.5. The minimum atomic E-state index is 0.0423. The number of benzene rings is 2. The van der Waals surface area contributed by atoms with Crippen LogP contribution in [0.5, 0.6) is 0 Å². The maximum Gasteiger partial charge on any atom is 0.256 e. The molecule has 1 heterocycles. The Morgan fingerprint density at radius 2 is 1.85 bits per heavy atom. The molecule has 1 unspecified atom stereocenters. The molecule has 3 heteroatoms. The van der Waals surface area contributed by atoms with Gasteiger partial charge in [-0.3, -0.25) is 4.79 Å². The number of carbonyl (C=O) groups excluding carboxylic acids is 1. The quantitative estimate of drug-likeness (QED) is 0.849. The maximum absolute atomic E-state index is 12.7. The summed E-state index contributed by atoms with van der Waals surface area (Å²) in [6.07, 6.45) is 0.864. The van der Waals surface area contributed by atoms with Crippen LogP contribution in [0.15, 0.2) is 48.5 Å². The normalized spacial score (nSPS) is 15.8. The number of nitrogens with two attached hydrogens (primary N) is 1. The lowest BCUT2D eigenvalue weighted by Gasteiger charge is -2.34. The fourth-order valence-corrected chi connectivity index (χ4v) is 2.86. The van der Waals surface area contributed by atoms with Crippen molar-refractivity contribution in [2.24, 2.45) is 0 Å². The number of hydrogen-bond donors (Lipinski definition) is 1. The van der Waals surface area contributed by atoms with Crippen molar-refractivity contribution in [1.82, 2.24) is 4.90 Å². The van der Waals surface area contributed by atoms with Crippen LogP contribution in [-0.4, -0.2) is 17.4 Å². The molecule has 0 aromatic heterocycles. The number of nitrogens with zero attached hydrogens (tertiary/aromatic N) is 1. The number of anilines is 1. The molecule has 3 nitrogen and oxygen atoms in total. The van der Waals surface area contributed by atoms with E-state index in [-0.39, 0.29) is 11.9 Å². The van der Waals surface area contributed by atoms with Gasteiger partial charge in [0.2, 0.25) is 0 Å². The van der Waals surface area contributed by atoms with E-state index in [0.29, 0.717) is 11.3 Å². The van der Waals surface area contributed by atoms with Gasteiger partial charge in [0.15, 0.2) is 0 Å². The second-order valence-corrected chi connectivity index (χ2v) is 5.22. The molecular formula is C17H18N2O. The third-order valence-corrected chi connectivity index (χ3v) is 4.03. The number of nitrogen functional groups attached to an aromatic ring is 1. The van der Waals surface area contributed by atoms with Crippen molar-refractivity contribution >= 4 is 11.6 Å². The van der Waals surface area contributed by atoms with Crippen LogP contribution in [-0.2, 0) is 6.42 Å². The van der Waals surface area contributed by atoms with Crippen molar-refractivity contribution in [1.29, 1.82) is 0 Å². The summed E-state index contributed by atoms with van der Waals surface area (Å²) in [6, 6.07) is 15.9. The van der Waals surface area contributed by atoms with Gasteiger partial charge >= 0.3 is 0 Å². The second-order valence-electron chi connectivity index (χ2n) is 5.22. The minimum Gasteiger partial charge on any atom is -0.398 e. The summed E-state index contributed by atoms with van der Waals surface area (Å²) in [6.45, 7) is 2.81. The molecule has 0 saturated carbocycles. The molecule has 0 bridgehead atoms. The molecule has 1 amide bonds. The minimum absolute atomic E-state index is 0.0423. The lowest BCUT2D eigenvalue weighted by Crippen LogP contribution is -2.39. The van der Waals surface area contributed by atoms with E-state index in [1.165, 1.54) is 0 Å². The van der Waals surface area contributed by atoms with Crippen molar-refractivity contribution in [3.63, 3.8) is 0 Å². The lowest BCUT2D eigenvalue weighted by atomic mass is 9.95. The second kappa shape index (κ2) is 5.00.